The minimum atomic E-state index is -3.45. The van der Waals surface area contributed by atoms with E-state index in [0.717, 1.165) is 11.4 Å². The van der Waals surface area contributed by atoms with Crippen LogP contribution in [0.5, 0.6) is 0 Å². The van der Waals surface area contributed by atoms with Gasteiger partial charge in [-0.25, -0.2) is 13.4 Å². The van der Waals surface area contributed by atoms with Gasteiger partial charge in [0.25, 0.3) is 0 Å². The Balaban J connectivity index is 1.95. The van der Waals surface area contributed by atoms with Crippen molar-refractivity contribution in [3.63, 3.8) is 0 Å². The third kappa shape index (κ3) is 4.69. The summed E-state index contributed by atoms with van der Waals surface area (Å²) in [5, 5.41) is 3.91. The highest BCUT2D eigenvalue weighted by Gasteiger charge is 2.21. The van der Waals surface area contributed by atoms with E-state index in [2.05, 4.69) is 10.3 Å². The minimum Gasteiger partial charge on any atom is -0.370 e. The van der Waals surface area contributed by atoms with Crippen LogP contribution < -0.4 is 5.32 Å². The second-order valence-electron chi connectivity index (χ2n) is 5.27. The average Bonchev–Trinajstić information content (AvgIpc) is 2.58. The highest BCUT2D eigenvalue weighted by atomic mass is 35.5. The number of halogens is 1. The molecule has 2 aromatic rings. The Morgan fingerprint density at radius 3 is 2.29 bits per heavy atom. The lowest BCUT2D eigenvalue weighted by molar-refractivity contribution is 0.445. The third-order valence-electron chi connectivity index (χ3n) is 3.71. The molecule has 1 N–H and O–H groups in total. The Kier molecular flexibility index (Phi) is 6.60. The Hall–Kier alpha value is -1.63. The van der Waals surface area contributed by atoms with Crippen molar-refractivity contribution in [1.82, 2.24) is 9.29 Å². The summed E-state index contributed by atoms with van der Waals surface area (Å²) in [6, 6.07) is 11.0. The van der Waals surface area contributed by atoms with Gasteiger partial charge >= 0.3 is 0 Å². The van der Waals surface area contributed by atoms with Crippen LogP contribution in [0.4, 0.5) is 5.82 Å². The molecule has 0 fully saturated rings. The number of nitrogens with one attached hydrogen (secondary N) is 1. The molecule has 0 atom stereocenters. The van der Waals surface area contributed by atoms with Gasteiger partial charge in [-0.1, -0.05) is 37.6 Å². The number of anilines is 1. The van der Waals surface area contributed by atoms with Gasteiger partial charge in [0.2, 0.25) is 10.0 Å². The van der Waals surface area contributed by atoms with Gasteiger partial charge in [0, 0.05) is 30.9 Å². The van der Waals surface area contributed by atoms with Gasteiger partial charge in [-0.2, -0.15) is 4.31 Å². The zero-order valence-electron chi connectivity index (χ0n) is 13.9. The monoisotopic (exact) mass is 367 g/mol. The standard InChI is InChI=1S/C17H22ClN3O2S/c1-3-21(4-2)24(22,23)16-9-10-17(20-13-16)19-12-11-14-5-7-15(18)8-6-14/h5-10,13H,3-4,11-12H2,1-2H3,(H,19,20). The summed E-state index contributed by atoms with van der Waals surface area (Å²) in [6.45, 7) is 5.24. The summed E-state index contributed by atoms with van der Waals surface area (Å²) in [4.78, 5) is 4.42. The maximum Gasteiger partial charge on any atom is 0.244 e. The van der Waals surface area contributed by atoms with Gasteiger partial charge in [0.15, 0.2) is 0 Å². The van der Waals surface area contributed by atoms with Crippen LogP contribution in [0, 0.1) is 0 Å². The Labute approximate surface area is 148 Å². The van der Waals surface area contributed by atoms with E-state index in [0.29, 0.717) is 25.5 Å². The van der Waals surface area contributed by atoms with Crippen LogP contribution in [0.25, 0.3) is 0 Å². The topological polar surface area (TPSA) is 62.3 Å². The van der Waals surface area contributed by atoms with E-state index in [1.54, 1.807) is 12.1 Å². The van der Waals surface area contributed by atoms with Crippen molar-refractivity contribution in [2.45, 2.75) is 25.2 Å². The first kappa shape index (κ1) is 18.7. The highest BCUT2D eigenvalue weighted by molar-refractivity contribution is 7.89. The molecule has 0 aliphatic heterocycles. The van der Waals surface area contributed by atoms with Gasteiger partial charge in [0.1, 0.15) is 10.7 Å². The summed E-state index contributed by atoms with van der Waals surface area (Å²) >= 11 is 5.86. The molecule has 0 radical (unpaired) electrons. The lowest BCUT2D eigenvalue weighted by Gasteiger charge is -2.18. The van der Waals surface area contributed by atoms with Crippen LogP contribution >= 0.6 is 11.6 Å². The fourth-order valence-electron chi connectivity index (χ4n) is 2.34. The zero-order chi connectivity index (χ0) is 17.6. The van der Waals surface area contributed by atoms with Crippen LogP contribution in [0.3, 0.4) is 0 Å². The van der Waals surface area contributed by atoms with Crippen molar-refractivity contribution in [2.24, 2.45) is 0 Å². The van der Waals surface area contributed by atoms with E-state index in [1.165, 1.54) is 16.1 Å². The molecule has 0 unspecified atom stereocenters. The SMILES string of the molecule is CCN(CC)S(=O)(=O)c1ccc(NCCc2ccc(Cl)cc2)nc1. The number of sulfonamides is 1. The van der Waals surface area contributed by atoms with E-state index in [4.69, 9.17) is 11.6 Å². The molecule has 0 bridgehead atoms. The fourth-order valence-corrected chi connectivity index (χ4v) is 3.87. The molecule has 0 saturated heterocycles. The van der Waals surface area contributed by atoms with E-state index in [9.17, 15) is 8.42 Å². The highest BCUT2D eigenvalue weighted by Crippen LogP contribution is 2.16. The van der Waals surface area contributed by atoms with E-state index in [-0.39, 0.29) is 4.90 Å². The first-order chi connectivity index (χ1) is 11.5. The van der Waals surface area contributed by atoms with E-state index in [1.807, 2.05) is 38.1 Å². The van der Waals surface area contributed by atoms with Gasteiger partial charge in [-0.15, -0.1) is 0 Å². The molecule has 0 spiro atoms. The van der Waals surface area contributed by atoms with E-state index >= 15 is 0 Å². The number of hydrogen-bond acceptors (Lipinski definition) is 4. The Morgan fingerprint density at radius 2 is 1.75 bits per heavy atom. The first-order valence-electron chi connectivity index (χ1n) is 7.92. The maximum absolute atomic E-state index is 12.4. The van der Waals surface area contributed by atoms with Crippen molar-refractivity contribution in [3.8, 4) is 0 Å². The largest absolute Gasteiger partial charge is 0.370 e. The predicted molar refractivity (Wildman–Crippen MR) is 98.0 cm³/mol. The van der Waals surface area contributed by atoms with Crippen molar-refractivity contribution in [1.29, 1.82) is 0 Å². The number of hydrogen-bond donors (Lipinski definition) is 1. The van der Waals surface area contributed by atoms with Gasteiger partial charge in [-0.05, 0) is 36.2 Å². The second-order valence-corrected chi connectivity index (χ2v) is 7.65. The molecule has 0 aliphatic rings. The molecule has 5 nitrogen and oxygen atoms in total. The molecule has 2 rings (SSSR count). The molecule has 130 valence electrons. The Bertz CT molecular complexity index is 742. The van der Waals surface area contributed by atoms with Crippen molar-refractivity contribution in [2.75, 3.05) is 25.0 Å². The predicted octanol–water partition coefficient (Wildman–Crippen LogP) is 3.42. The maximum atomic E-state index is 12.4. The summed E-state index contributed by atoms with van der Waals surface area (Å²) < 4.78 is 26.2. The van der Waals surface area contributed by atoms with Crippen molar-refractivity contribution >= 4 is 27.4 Å². The third-order valence-corrected chi connectivity index (χ3v) is 6.00. The van der Waals surface area contributed by atoms with Crippen LogP contribution in [-0.2, 0) is 16.4 Å². The summed E-state index contributed by atoms with van der Waals surface area (Å²) in [6.07, 6.45) is 2.23. The lowest BCUT2D eigenvalue weighted by Crippen LogP contribution is -2.30. The fraction of sp³-hybridized carbons (Fsp3) is 0.353. The number of rotatable bonds is 8. The minimum absolute atomic E-state index is 0.217. The molecule has 1 aromatic heterocycles. The first-order valence-corrected chi connectivity index (χ1v) is 9.73. The zero-order valence-corrected chi connectivity index (χ0v) is 15.4. The van der Waals surface area contributed by atoms with Crippen molar-refractivity contribution in [3.05, 3.63) is 53.2 Å². The van der Waals surface area contributed by atoms with Gasteiger partial charge in [-0.3, -0.25) is 0 Å². The molecule has 1 heterocycles. The number of aromatic nitrogens is 1. The van der Waals surface area contributed by atoms with Crippen LogP contribution in [0.2, 0.25) is 5.02 Å². The van der Waals surface area contributed by atoms with Crippen LogP contribution in [0.15, 0.2) is 47.5 Å². The molecule has 24 heavy (non-hydrogen) atoms. The number of nitrogens with zero attached hydrogens (tertiary/aromatic N) is 2. The summed E-state index contributed by atoms with van der Waals surface area (Å²) in [5.74, 6) is 0.655. The molecular weight excluding hydrogens is 346 g/mol. The normalized spacial score (nSPS) is 11.7. The molecule has 7 heteroatoms. The summed E-state index contributed by atoms with van der Waals surface area (Å²) in [7, 11) is -3.45. The van der Waals surface area contributed by atoms with Gasteiger partial charge < -0.3 is 5.32 Å². The molecule has 0 saturated carbocycles. The smallest absolute Gasteiger partial charge is 0.244 e. The van der Waals surface area contributed by atoms with Gasteiger partial charge in [0.05, 0.1) is 0 Å². The number of pyridine rings is 1. The average molecular weight is 368 g/mol. The van der Waals surface area contributed by atoms with Crippen LogP contribution in [-0.4, -0.2) is 37.3 Å². The molecule has 1 aromatic carbocycles. The molecular formula is C17H22ClN3O2S. The lowest BCUT2D eigenvalue weighted by atomic mass is 10.1. The van der Waals surface area contributed by atoms with Crippen molar-refractivity contribution < 1.29 is 8.42 Å². The molecule has 0 aliphatic carbocycles. The second kappa shape index (κ2) is 8.46. The van der Waals surface area contributed by atoms with E-state index < -0.39 is 10.0 Å². The number of benzene rings is 1. The summed E-state index contributed by atoms with van der Waals surface area (Å²) in [5.41, 5.74) is 1.17. The van der Waals surface area contributed by atoms with Crippen LogP contribution in [0.1, 0.15) is 19.4 Å². The molecule has 0 amide bonds. The quantitative estimate of drug-likeness (QED) is 0.776. The Morgan fingerprint density at radius 1 is 1.08 bits per heavy atom.